The number of aryl methyl sites for hydroxylation is 2. The summed E-state index contributed by atoms with van der Waals surface area (Å²) in [6.07, 6.45) is 16.3. The average molecular weight is 638 g/mol. The molecule has 2 radical (unpaired) electrons. The van der Waals surface area contributed by atoms with Crippen LogP contribution in [0.1, 0.15) is 104 Å². The summed E-state index contributed by atoms with van der Waals surface area (Å²) in [6, 6.07) is 28.7. The van der Waals surface area contributed by atoms with Gasteiger partial charge in [0.1, 0.15) is 0 Å². The number of benzene rings is 3. The molecule has 0 heterocycles. The van der Waals surface area contributed by atoms with Crippen molar-refractivity contribution in [2.45, 2.75) is 111 Å². The van der Waals surface area contributed by atoms with Crippen molar-refractivity contribution in [1.82, 2.24) is 0 Å². The first-order valence-electron chi connectivity index (χ1n) is 16.4. The average Bonchev–Trinajstić information content (AvgIpc) is 3.48. The van der Waals surface area contributed by atoms with Crippen LogP contribution in [0.15, 0.2) is 78.9 Å². The van der Waals surface area contributed by atoms with E-state index < -0.39 is 0 Å². The Labute approximate surface area is 288 Å². The number of hydrogen-bond donors (Lipinski definition) is 0. The SMILES string of the molecule is Cc1c[c-](C)c(C)c1C.[CH3-].[SiH2]c1ccccc1.[Ti+3].c1ccc2c(c1)Cc1c([N-]C3CCCCCCCCCCC3)cccc1-2. The Morgan fingerprint density at radius 3 is 1.73 bits per heavy atom. The van der Waals surface area contributed by atoms with E-state index in [-0.39, 0.29) is 29.1 Å². The second-order valence-electron chi connectivity index (χ2n) is 12.4. The van der Waals surface area contributed by atoms with Crippen LogP contribution in [0.5, 0.6) is 0 Å². The second-order valence-corrected chi connectivity index (χ2v) is 13.2. The van der Waals surface area contributed by atoms with Crippen LogP contribution in [0.25, 0.3) is 16.4 Å². The normalized spacial score (nSPS) is 14.8. The van der Waals surface area contributed by atoms with Crippen molar-refractivity contribution >= 4 is 21.1 Å². The van der Waals surface area contributed by atoms with E-state index in [9.17, 15) is 0 Å². The fourth-order valence-corrected chi connectivity index (χ4v) is 6.61. The fraction of sp³-hybridized carbons (Fsp3) is 0.415. The minimum absolute atomic E-state index is 0. The van der Waals surface area contributed by atoms with Crippen LogP contribution in [0, 0.1) is 35.1 Å². The summed E-state index contributed by atoms with van der Waals surface area (Å²) >= 11 is 0. The largest absolute Gasteiger partial charge is 3.00 e. The first-order chi connectivity index (χ1) is 20.4. The van der Waals surface area contributed by atoms with Crippen LogP contribution in [-0.2, 0) is 28.1 Å². The third-order valence-electron chi connectivity index (χ3n) is 9.24. The van der Waals surface area contributed by atoms with Gasteiger partial charge in [-0.2, -0.15) is 28.3 Å². The molecule has 0 saturated heterocycles. The third kappa shape index (κ3) is 11.3. The molecular weight excluding hydrogens is 582 g/mol. The van der Waals surface area contributed by atoms with Crippen LogP contribution < -0.4 is 5.19 Å². The van der Waals surface area contributed by atoms with Crippen LogP contribution in [0.2, 0.25) is 0 Å². The van der Waals surface area contributed by atoms with Crippen molar-refractivity contribution in [2.24, 2.45) is 0 Å². The zero-order valence-electron chi connectivity index (χ0n) is 28.2. The van der Waals surface area contributed by atoms with E-state index in [0.717, 1.165) is 6.42 Å². The molecule has 0 spiro atoms. The van der Waals surface area contributed by atoms with Crippen molar-refractivity contribution in [2.75, 3.05) is 0 Å². The standard InChI is InChI=1S/C25H32N.C9H13.C6H7Si.CH3.Ti/c1-2-4-6-8-14-21(15-9-7-5-3-1)26-25-18-12-17-23-22-16-11-10-13-20(22)19-24(23)25;1-6-5-7(2)9(4)8(6)3;7-6-4-2-1-3-5-6;;/h10-13,16-18,21H,1-9,14-15,19H2;5H,1-4H3;1-5H,7H2;1H3;/q2*-1;;-1;+3. The molecule has 232 valence electrons. The van der Waals surface area contributed by atoms with E-state index in [2.05, 4.69) is 88.4 Å². The number of fused-ring (bicyclic) bond motifs is 3. The smallest absolute Gasteiger partial charge is 0.681 e. The van der Waals surface area contributed by atoms with E-state index in [4.69, 9.17) is 5.32 Å². The number of rotatable bonds is 2. The molecule has 0 aromatic heterocycles. The van der Waals surface area contributed by atoms with Crippen molar-refractivity contribution < 1.29 is 21.7 Å². The van der Waals surface area contributed by atoms with Gasteiger partial charge < -0.3 is 12.7 Å². The topological polar surface area (TPSA) is 14.1 Å². The Hall–Kier alpha value is -2.26. The Morgan fingerprint density at radius 1 is 0.682 bits per heavy atom. The minimum atomic E-state index is 0. The van der Waals surface area contributed by atoms with Crippen LogP contribution in [-0.4, -0.2) is 16.3 Å². The summed E-state index contributed by atoms with van der Waals surface area (Å²) in [6.45, 7) is 8.68. The Balaban J connectivity index is 0.000000309. The van der Waals surface area contributed by atoms with Gasteiger partial charge in [0.15, 0.2) is 0 Å². The van der Waals surface area contributed by atoms with Crippen LogP contribution in [0.3, 0.4) is 0 Å². The van der Waals surface area contributed by atoms with E-state index in [1.165, 1.54) is 126 Å². The van der Waals surface area contributed by atoms with Gasteiger partial charge in [-0.15, -0.1) is 11.7 Å². The van der Waals surface area contributed by atoms with Gasteiger partial charge in [0.05, 0.1) is 0 Å². The number of nitrogens with zero attached hydrogens (tertiary/aromatic N) is 1. The molecule has 44 heavy (non-hydrogen) atoms. The second kappa shape index (κ2) is 20.0. The van der Waals surface area contributed by atoms with Gasteiger partial charge in [0, 0.05) is 10.2 Å². The van der Waals surface area contributed by atoms with Gasteiger partial charge in [-0.05, 0) is 23.1 Å². The third-order valence-corrected chi connectivity index (χ3v) is 9.72. The van der Waals surface area contributed by atoms with Gasteiger partial charge in [-0.1, -0.05) is 182 Å². The van der Waals surface area contributed by atoms with E-state index in [1.807, 2.05) is 28.4 Å². The van der Waals surface area contributed by atoms with Crippen molar-refractivity contribution in [3.8, 4) is 11.1 Å². The first kappa shape index (κ1) is 37.9. The molecule has 2 aliphatic rings. The molecule has 0 atom stereocenters. The van der Waals surface area contributed by atoms with Gasteiger partial charge in [-0.25, -0.2) is 0 Å². The monoisotopic (exact) mass is 637 g/mol. The molecule has 6 rings (SSSR count). The fourth-order valence-electron chi connectivity index (χ4n) is 6.34. The molecule has 2 aliphatic carbocycles. The van der Waals surface area contributed by atoms with Gasteiger partial charge >= 0.3 is 21.7 Å². The van der Waals surface area contributed by atoms with Crippen molar-refractivity contribution in [1.29, 1.82) is 0 Å². The van der Waals surface area contributed by atoms with Crippen LogP contribution in [0.4, 0.5) is 5.69 Å². The first-order valence-corrected chi connectivity index (χ1v) is 17.1. The molecule has 1 fully saturated rings. The summed E-state index contributed by atoms with van der Waals surface area (Å²) in [4.78, 5) is 0. The molecule has 1 saturated carbocycles. The predicted octanol–water partition coefficient (Wildman–Crippen LogP) is 11.0. The molecule has 4 aromatic rings. The zero-order valence-corrected chi connectivity index (χ0v) is 31.2. The Bertz CT molecular complexity index is 1340. The maximum atomic E-state index is 5.30. The van der Waals surface area contributed by atoms with Gasteiger partial charge in [-0.3, -0.25) is 0 Å². The summed E-state index contributed by atoms with van der Waals surface area (Å²) < 4.78 is 0. The zero-order chi connectivity index (χ0) is 29.7. The van der Waals surface area contributed by atoms with Gasteiger partial charge in [0.2, 0.25) is 0 Å². The molecule has 0 N–H and O–H groups in total. The molecule has 1 nitrogen and oxygen atoms in total. The summed E-state index contributed by atoms with van der Waals surface area (Å²) in [5.74, 6) is 0. The molecule has 0 amide bonds. The molecule has 0 aliphatic heterocycles. The van der Waals surface area contributed by atoms with Crippen molar-refractivity contribution in [3.63, 3.8) is 0 Å². The molecule has 0 unspecified atom stereocenters. The summed E-state index contributed by atoms with van der Waals surface area (Å²) in [5.41, 5.74) is 12.8. The maximum absolute atomic E-state index is 5.30. The predicted molar refractivity (Wildman–Crippen MR) is 194 cm³/mol. The summed E-state index contributed by atoms with van der Waals surface area (Å²) in [7, 11) is 1.90. The molecule has 4 aromatic carbocycles. The summed E-state index contributed by atoms with van der Waals surface area (Å²) in [5, 5.41) is 6.65. The van der Waals surface area contributed by atoms with Crippen LogP contribution >= 0.6 is 0 Å². The van der Waals surface area contributed by atoms with E-state index >= 15 is 0 Å². The molecular formula is C41H55NSiTi. The van der Waals surface area contributed by atoms with Crippen molar-refractivity contribution in [3.05, 3.63) is 125 Å². The van der Waals surface area contributed by atoms with E-state index in [1.54, 1.807) is 0 Å². The van der Waals surface area contributed by atoms with E-state index in [0.29, 0.717) is 6.04 Å². The number of hydrogen-bond acceptors (Lipinski definition) is 0. The molecule has 3 heteroatoms. The quantitative estimate of drug-likeness (QED) is 0.135. The molecule has 0 bridgehead atoms. The Morgan fingerprint density at radius 2 is 1.23 bits per heavy atom. The maximum Gasteiger partial charge on any atom is 3.00 e. The Kier molecular flexibility index (Phi) is 17.2. The van der Waals surface area contributed by atoms with Gasteiger partial charge in [0.25, 0.3) is 0 Å². The minimum Gasteiger partial charge on any atom is -0.681 e.